The fraction of sp³-hybridized carbons (Fsp3) is 0.500. The Morgan fingerprint density at radius 1 is 1.00 bits per heavy atom. The SMILES string of the molecule is Cc1cccc(C)c1N1CCN(I)CC1. The van der Waals surface area contributed by atoms with E-state index in [-0.39, 0.29) is 0 Å². The van der Waals surface area contributed by atoms with E-state index in [9.17, 15) is 0 Å². The molecule has 1 aromatic rings. The molecule has 0 saturated carbocycles. The number of hydrogen-bond acceptors (Lipinski definition) is 2. The second-order valence-electron chi connectivity index (χ2n) is 4.14. The van der Waals surface area contributed by atoms with Gasteiger partial charge in [0.05, 0.1) is 0 Å². The summed E-state index contributed by atoms with van der Waals surface area (Å²) in [5.41, 5.74) is 4.25. The van der Waals surface area contributed by atoms with Gasteiger partial charge in [0.25, 0.3) is 0 Å². The molecule has 2 nitrogen and oxygen atoms in total. The average Bonchev–Trinajstić information content (AvgIpc) is 2.20. The molecule has 82 valence electrons. The van der Waals surface area contributed by atoms with Gasteiger partial charge in [-0.25, -0.2) is 3.11 Å². The lowest BCUT2D eigenvalue weighted by Crippen LogP contribution is -2.42. The summed E-state index contributed by atoms with van der Waals surface area (Å²) < 4.78 is 2.36. The predicted molar refractivity (Wildman–Crippen MR) is 73.7 cm³/mol. The van der Waals surface area contributed by atoms with E-state index in [1.807, 2.05) is 0 Å². The van der Waals surface area contributed by atoms with Crippen molar-refractivity contribution in [3.8, 4) is 0 Å². The molecule has 0 aromatic heterocycles. The van der Waals surface area contributed by atoms with E-state index < -0.39 is 0 Å². The van der Waals surface area contributed by atoms with Crippen molar-refractivity contribution in [3.05, 3.63) is 29.3 Å². The molecule has 0 radical (unpaired) electrons. The normalized spacial score (nSPS) is 18.2. The summed E-state index contributed by atoms with van der Waals surface area (Å²) in [4.78, 5) is 2.51. The van der Waals surface area contributed by atoms with Gasteiger partial charge in [-0.15, -0.1) is 0 Å². The molecule has 0 N–H and O–H groups in total. The number of halogens is 1. The molecule has 0 aliphatic carbocycles. The molecule has 0 bridgehead atoms. The van der Waals surface area contributed by atoms with E-state index in [1.54, 1.807) is 0 Å². The maximum atomic E-state index is 2.51. The van der Waals surface area contributed by atoms with Gasteiger partial charge in [0, 0.05) is 54.7 Å². The molecule has 0 spiro atoms. The molecule has 1 aliphatic rings. The number of nitrogens with zero attached hydrogens (tertiary/aromatic N) is 2. The van der Waals surface area contributed by atoms with Gasteiger partial charge in [0.15, 0.2) is 0 Å². The van der Waals surface area contributed by atoms with Gasteiger partial charge < -0.3 is 4.90 Å². The first-order valence-electron chi connectivity index (χ1n) is 5.40. The van der Waals surface area contributed by atoms with Gasteiger partial charge in [0.2, 0.25) is 0 Å². The molecule has 3 heteroatoms. The fourth-order valence-corrected chi connectivity index (χ4v) is 2.64. The van der Waals surface area contributed by atoms with Crippen molar-refractivity contribution >= 4 is 28.6 Å². The van der Waals surface area contributed by atoms with Crippen LogP contribution in [0.2, 0.25) is 0 Å². The quantitative estimate of drug-likeness (QED) is 0.581. The largest absolute Gasteiger partial charge is 0.368 e. The molecule has 1 fully saturated rings. The molecule has 1 aromatic carbocycles. The van der Waals surface area contributed by atoms with Gasteiger partial charge >= 0.3 is 0 Å². The molecule has 2 rings (SSSR count). The summed E-state index contributed by atoms with van der Waals surface area (Å²) in [5, 5.41) is 0. The van der Waals surface area contributed by atoms with Crippen LogP contribution in [0.25, 0.3) is 0 Å². The molecule has 1 heterocycles. The smallest absolute Gasteiger partial charge is 0.0426 e. The highest BCUT2D eigenvalue weighted by atomic mass is 127. The Kier molecular flexibility index (Phi) is 3.51. The lowest BCUT2D eigenvalue weighted by molar-refractivity contribution is 0.460. The average molecular weight is 316 g/mol. The van der Waals surface area contributed by atoms with E-state index >= 15 is 0 Å². The molecule has 1 saturated heterocycles. The third-order valence-corrected chi connectivity index (χ3v) is 3.95. The van der Waals surface area contributed by atoms with Crippen molar-refractivity contribution in [2.24, 2.45) is 0 Å². The van der Waals surface area contributed by atoms with Crippen LogP contribution in [-0.4, -0.2) is 29.3 Å². The highest BCUT2D eigenvalue weighted by Crippen LogP contribution is 2.25. The van der Waals surface area contributed by atoms with Crippen molar-refractivity contribution in [2.45, 2.75) is 13.8 Å². The third-order valence-electron chi connectivity index (χ3n) is 2.98. The molecular weight excluding hydrogens is 299 g/mol. The van der Waals surface area contributed by atoms with Gasteiger partial charge in [-0.1, -0.05) is 18.2 Å². The minimum Gasteiger partial charge on any atom is -0.368 e. The molecule has 15 heavy (non-hydrogen) atoms. The summed E-state index contributed by atoms with van der Waals surface area (Å²) in [6.45, 7) is 9.03. The summed E-state index contributed by atoms with van der Waals surface area (Å²) in [6, 6.07) is 6.56. The minimum absolute atomic E-state index is 1.15. The second-order valence-corrected chi connectivity index (χ2v) is 5.50. The maximum Gasteiger partial charge on any atom is 0.0426 e. The van der Waals surface area contributed by atoms with Gasteiger partial charge in [0.1, 0.15) is 0 Å². The van der Waals surface area contributed by atoms with Crippen LogP contribution in [0.15, 0.2) is 18.2 Å². The number of aryl methyl sites for hydroxylation is 2. The van der Waals surface area contributed by atoms with Crippen LogP contribution in [0.1, 0.15) is 11.1 Å². The number of para-hydroxylation sites is 1. The van der Waals surface area contributed by atoms with Crippen LogP contribution >= 0.6 is 22.9 Å². The van der Waals surface area contributed by atoms with Gasteiger partial charge in [-0.3, -0.25) is 0 Å². The fourth-order valence-electron chi connectivity index (χ4n) is 2.21. The van der Waals surface area contributed by atoms with Crippen LogP contribution in [0.4, 0.5) is 5.69 Å². The van der Waals surface area contributed by atoms with Gasteiger partial charge in [-0.2, -0.15) is 0 Å². The zero-order valence-corrected chi connectivity index (χ0v) is 11.5. The zero-order chi connectivity index (χ0) is 10.8. The first kappa shape index (κ1) is 11.2. The summed E-state index contributed by atoms with van der Waals surface area (Å²) in [7, 11) is 0. The molecular formula is C12H17IN2. The van der Waals surface area contributed by atoms with Gasteiger partial charge in [-0.05, 0) is 25.0 Å². The Labute approximate surface area is 106 Å². The van der Waals surface area contributed by atoms with Crippen LogP contribution in [-0.2, 0) is 0 Å². The van der Waals surface area contributed by atoms with Crippen molar-refractivity contribution in [1.29, 1.82) is 0 Å². The summed E-state index contributed by atoms with van der Waals surface area (Å²) >= 11 is 2.41. The molecule has 0 atom stereocenters. The number of benzene rings is 1. The Hall–Kier alpha value is -0.290. The number of anilines is 1. The lowest BCUT2D eigenvalue weighted by Gasteiger charge is -2.34. The maximum absolute atomic E-state index is 2.51. The highest BCUT2D eigenvalue weighted by Gasteiger charge is 2.17. The van der Waals surface area contributed by atoms with Crippen molar-refractivity contribution < 1.29 is 0 Å². The summed E-state index contributed by atoms with van der Waals surface area (Å²) in [6.07, 6.45) is 0. The lowest BCUT2D eigenvalue weighted by atomic mass is 10.1. The second kappa shape index (κ2) is 4.70. The number of piperazine rings is 1. The van der Waals surface area contributed by atoms with Crippen molar-refractivity contribution in [3.63, 3.8) is 0 Å². The zero-order valence-electron chi connectivity index (χ0n) is 9.33. The molecule has 0 amide bonds. The van der Waals surface area contributed by atoms with E-state index in [4.69, 9.17) is 0 Å². The number of hydrogen-bond donors (Lipinski definition) is 0. The first-order valence-corrected chi connectivity index (χ1v) is 6.37. The Morgan fingerprint density at radius 3 is 2.07 bits per heavy atom. The van der Waals surface area contributed by atoms with Crippen LogP contribution in [0, 0.1) is 13.8 Å². The van der Waals surface area contributed by atoms with E-state index in [0.717, 1.165) is 26.2 Å². The summed E-state index contributed by atoms with van der Waals surface area (Å²) in [5.74, 6) is 0. The van der Waals surface area contributed by atoms with E-state index in [0.29, 0.717) is 0 Å². The van der Waals surface area contributed by atoms with Crippen molar-refractivity contribution in [1.82, 2.24) is 3.11 Å². The minimum atomic E-state index is 1.15. The van der Waals surface area contributed by atoms with Crippen molar-refractivity contribution in [2.75, 3.05) is 31.1 Å². The third kappa shape index (κ3) is 2.45. The Bertz CT molecular complexity index is 323. The standard InChI is InChI=1S/C12H17IN2/c1-10-4-3-5-11(2)12(10)14-6-8-15(13)9-7-14/h3-5H,6-9H2,1-2H3. The van der Waals surface area contributed by atoms with E-state index in [2.05, 4.69) is 62.9 Å². The topological polar surface area (TPSA) is 6.48 Å². The highest BCUT2D eigenvalue weighted by molar-refractivity contribution is 14.1. The monoisotopic (exact) mass is 316 g/mol. The van der Waals surface area contributed by atoms with Crippen LogP contribution in [0.3, 0.4) is 0 Å². The predicted octanol–water partition coefficient (Wildman–Crippen LogP) is 2.78. The van der Waals surface area contributed by atoms with E-state index in [1.165, 1.54) is 16.8 Å². The van der Waals surface area contributed by atoms with Crippen LogP contribution in [0.5, 0.6) is 0 Å². The first-order chi connectivity index (χ1) is 7.18. The molecule has 0 unspecified atom stereocenters. The molecule has 1 aliphatic heterocycles. The Morgan fingerprint density at radius 2 is 1.53 bits per heavy atom. The number of rotatable bonds is 1. The Balaban J connectivity index is 2.22. The van der Waals surface area contributed by atoms with Crippen LogP contribution < -0.4 is 4.90 Å².